The molecule has 0 aliphatic heterocycles. The predicted molar refractivity (Wildman–Crippen MR) is 68.4 cm³/mol. The van der Waals surface area contributed by atoms with Crippen LogP contribution in [0.25, 0.3) is 0 Å². The molecule has 4 nitrogen and oxygen atoms in total. The standard InChI is InChI=1S/C10H13BrN4S/c1-15-7-13-10(14-15)2-4-12-6-9-8(11)3-5-16-9/h3,5,7,12H,2,4,6H2,1H3. The van der Waals surface area contributed by atoms with Crippen LogP contribution >= 0.6 is 27.3 Å². The molecule has 2 rings (SSSR count). The molecule has 0 radical (unpaired) electrons. The molecular weight excluding hydrogens is 288 g/mol. The lowest BCUT2D eigenvalue weighted by atomic mass is 10.4. The minimum absolute atomic E-state index is 0.865. The van der Waals surface area contributed by atoms with Crippen molar-refractivity contribution < 1.29 is 0 Å². The van der Waals surface area contributed by atoms with Crippen LogP contribution < -0.4 is 5.32 Å². The summed E-state index contributed by atoms with van der Waals surface area (Å²) in [5, 5.41) is 9.68. The summed E-state index contributed by atoms with van der Waals surface area (Å²) < 4.78 is 2.91. The van der Waals surface area contributed by atoms with Gasteiger partial charge in [-0.2, -0.15) is 5.10 Å². The van der Waals surface area contributed by atoms with E-state index in [1.807, 2.05) is 7.05 Å². The topological polar surface area (TPSA) is 42.7 Å². The molecule has 2 aromatic rings. The summed E-state index contributed by atoms with van der Waals surface area (Å²) >= 11 is 5.26. The van der Waals surface area contributed by atoms with Gasteiger partial charge in [0, 0.05) is 35.9 Å². The zero-order valence-corrected chi connectivity index (χ0v) is 11.4. The Hall–Kier alpha value is -0.720. The summed E-state index contributed by atoms with van der Waals surface area (Å²) in [5.41, 5.74) is 0. The summed E-state index contributed by atoms with van der Waals surface area (Å²) in [6.45, 7) is 1.79. The van der Waals surface area contributed by atoms with Crippen LogP contribution in [0.15, 0.2) is 22.2 Å². The maximum atomic E-state index is 4.22. The highest BCUT2D eigenvalue weighted by molar-refractivity contribution is 9.10. The first-order valence-corrected chi connectivity index (χ1v) is 6.70. The van der Waals surface area contributed by atoms with Gasteiger partial charge in [-0.25, -0.2) is 4.98 Å². The Morgan fingerprint density at radius 3 is 3.06 bits per heavy atom. The van der Waals surface area contributed by atoms with Crippen molar-refractivity contribution in [3.63, 3.8) is 0 Å². The Morgan fingerprint density at radius 1 is 1.56 bits per heavy atom. The Balaban J connectivity index is 1.71. The van der Waals surface area contributed by atoms with E-state index in [1.165, 1.54) is 9.35 Å². The number of rotatable bonds is 5. The van der Waals surface area contributed by atoms with E-state index in [0.717, 1.165) is 25.3 Å². The molecule has 86 valence electrons. The minimum atomic E-state index is 0.865. The van der Waals surface area contributed by atoms with Crippen LogP contribution in [0.3, 0.4) is 0 Å². The normalized spacial score (nSPS) is 10.9. The van der Waals surface area contributed by atoms with E-state index in [1.54, 1.807) is 22.3 Å². The quantitative estimate of drug-likeness (QED) is 0.859. The highest BCUT2D eigenvalue weighted by Crippen LogP contribution is 2.21. The fraction of sp³-hybridized carbons (Fsp3) is 0.400. The summed E-state index contributed by atoms with van der Waals surface area (Å²) in [4.78, 5) is 5.50. The fourth-order valence-corrected chi connectivity index (χ4v) is 2.81. The van der Waals surface area contributed by atoms with Crippen LogP contribution in [0.5, 0.6) is 0 Å². The molecule has 0 saturated heterocycles. The molecule has 6 heteroatoms. The molecule has 16 heavy (non-hydrogen) atoms. The van der Waals surface area contributed by atoms with Gasteiger partial charge in [-0.15, -0.1) is 11.3 Å². The van der Waals surface area contributed by atoms with Crippen molar-refractivity contribution in [1.29, 1.82) is 0 Å². The highest BCUT2D eigenvalue weighted by Gasteiger charge is 2.01. The molecule has 2 aromatic heterocycles. The van der Waals surface area contributed by atoms with Crippen molar-refractivity contribution in [3.05, 3.63) is 32.9 Å². The molecule has 2 heterocycles. The van der Waals surface area contributed by atoms with E-state index in [0.29, 0.717) is 0 Å². The van der Waals surface area contributed by atoms with Crippen molar-refractivity contribution in [3.8, 4) is 0 Å². The van der Waals surface area contributed by atoms with Crippen molar-refractivity contribution in [2.75, 3.05) is 6.54 Å². The zero-order valence-electron chi connectivity index (χ0n) is 8.98. The Bertz CT molecular complexity index is 451. The second kappa shape index (κ2) is 5.56. The Kier molecular flexibility index (Phi) is 4.09. The number of aromatic nitrogens is 3. The summed E-state index contributed by atoms with van der Waals surface area (Å²) in [7, 11) is 1.88. The van der Waals surface area contributed by atoms with E-state index in [4.69, 9.17) is 0 Å². The van der Waals surface area contributed by atoms with Crippen LogP contribution in [0.1, 0.15) is 10.7 Å². The molecule has 0 aromatic carbocycles. The Labute approximate surface area is 107 Å². The second-order valence-electron chi connectivity index (χ2n) is 3.45. The number of thiophene rings is 1. The molecule has 0 spiro atoms. The average Bonchev–Trinajstić information content (AvgIpc) is 2.83. The second-order valence-corrected chi connectivity index (χ2v) is 5.31. The summed E-state index contributed by atoms with van der Waals surface area (Å²) in [5.74, 6) is 0.889. The molecule has 0 atom stereocenters. The first-order chi connectivity index (χ1) is 7.75. The smallest absolute Gasteiger partial charge is 0.151 e. The van der Waals surface area contributed by atoms with Crippen molar-refractivity contribution in [1.82, 2.24) is 20.1 Å². The summed E-state index contributed by atoms with van der Waals surface area (Å²) in [6, 6.07) is 2.07. The van der Waals surface area contributed by atoms with Gasteiger partial charge in [0.2, 0.25) is 0 Å². The third-order valence-corrected chi connectivity index (χ3v) is 4.08. The highest BCUT2D eigenvalue weighted by atomic mass is 79.9. The maximum Gasteiger partial charge on any atom is 0.151 e. The lowest BCUT2D eigenvalue weighted by Crippen LogP contribution is -2.16. The molecular formula is C10H13BrN4S. The van der Waals surface area contributed by atoms with Gasteiger partial charge in [0.25, 0.3) is 0 Å². The maximum absolute atomic E-state index is 4.22. The lowest BCUT2D eigenvalue weighted by molar-refractivity contribution is 0.665. The van der Waals surface area contributed by atoms with Crippen LogP contribution in [0.4, 0.5) is 0 Å². The molecule has 0 unspecified atom stereocenters. The summed E-state index contributed by atoms with van der Waals surface area (Å²) in [6.07, 6.45) is 2.59. The monoisotopic (exact) mass is 300 g/mol. The number of aryl methyl sites for hydroxylation is 1. The first kappa shape index (κ1) is 11.8. The molecule has 0 aliphatic rings. The molecule has 0 aliphatic carbocycles. The molecule has 0 saturated carbocycles. The van der Waals surface area contributed by atoms with Gasteiger partial charge in [0.05, 0.1) is 0 Å². The number of nitrogens with zero attached hydrogens (tertiary/aromatic N) is 3. The molecule has 1 N–H and O–H groups in total. The van der Waals surface area contributed by atoms with E-state index in [9.17, 15) is 0 Å². The van der Waals surface area contributed by atoms with Gasteiger partial charge in [-0.3, -0.25) is 4.68 Å². The van der Waals surface area contributed by atoms with Crippen molar-refractivity contribution in [2.24, 2.45) is 7.05 Å². The van der Waals surface area contributed by atoms with Gasteiger partial charge >= 0.3 is 0 Å². The number of hydrogen-bond donors (Lipinski definition) is 1. The van der Waals surface area contributed by atoms with E-state index >= 15 is 0 Å². The van der Waals surface area contributed by atoms with Gasteiger partial charge < -0.3 is 5.32 Å². The van der Waals surface area contributed by atoms with Gasteiger partial charge in [0.1, 0.15) is 6.33 Å². The SMILES string of the molecule is Cn1cnc(CCNCc2sccc2Br)n1. The molecule has 0 amide bonds. The molecule has 0 fully saturated rings. The van der Waals surface area contributed by atoms with E-state index in [2.05, 4.69) is 42.8 Å². The number of hydrogen-bond acceptors (Lipinski definition) is 4. The van der Waals surface area contributed by atoms with Crippen molar-refractivity contribution >= 4 is 27.3 Å². The largest absolute Gasteiger partial charge is 0.311 e. The van der Waals surface area contributed by atoms with E-state index < -0.39 is 0 Å². The number of halogens is 1. The zero-order chi connectivity index (χ0) is 11.4. The van der Waals surface area contributed by atoms with Crippen LogP contribution in [-0.2, 0) is 20.0 Å². The third kappa shape index (κ3) is 3.13. The molecule has 0 bridgehead atoms. The average molecular weight is 301 g/mol. The number of nitrogens with one attached hydrogen (secondary N) is 1. The van der Waals surface area contributed by atoms with Gasteiger partial charge in [-0.1, -0.05) is 0 Å². The third-order valence-electron chi connectivity index (χ3n) is 2.15. The van der Waals surface area contributed by atoms with Crippen LogP contribution in [0, 0.1) is 0 Å². The van der Waals surface area contributed by atoms with Crippen LogP contribution in [-0.4, -0.2) is 21.3 Å². The van der Waals surface area contributed by atoms with E-state index in [-0.39, 0.29) is 0 Å². The predicted octanol–water partition coefficient (Wildman–Crippen LogP) is 1.97. The lowest BCUT2D eigenvalue weighted by Gasteiger charge is -2.01. The van der Waals surface area contributed by atoms with Gasteiger partial charge in [0.15, 0.2) is 5.82 Å². The van der Waals surface area contributed by atoms with Crippen molar-refractivity contribution in [2.45, 2.75) is 13.0 Å². The van der Waals surface area contributed by atoms with Gasteiger partial charge in [-0.05, 0) is 27.4 Å². The fourth-order valence-electron chi connectivity index (χ4n) is 1.35. The Morgan fingerprint density at radius 2 is 2.44 bits per heavy atom. The minimum Gasteiger partial charge on any atom is -0.311 e. The first-order valence-electron chi connectivity index (χ1n) is 5.03. The van der Waals surface area contributed by atoms with Crippen LogP contribution in [0.2, 0.25) is 0 Å².